The van der Waals surface area contributed by atoms with Gasteiger partial charge in [-0.25, -0.2) is 5.43 Å². The highest BCUT2D eigenvalue weighted by atomic mass is 35.5. The van der Waals surface area contributed by atoms with Gasteiger partial charge in [-0.15, -0.1) is 0 Å². The maximum atomic E-state index is 11.8. The summed E-state index contributed by atoms with van der Waals surface area (Å²) in [4.78, 5) is 11.8. The fourth-order valence-corrected chi connectivity index (χ4v) is 2.02. The molecule has 21 heavy (non-hydrogen) atoms. The average Bonchev–Trinajstić information content (AvgIpc) is 2.47. The number of nitrogens with one attached hydrogen (secondary N) is 1. The normalized spacial score (nSPS) is 11.0. The Balaban J connectivity index is 1.97. The summed E-state index contributed by atoms with van der Waals surface area (Å²) < 4.78 is 0. The lowest BCUT2D eigenvalue weighted by atomic mass is 10.0. The van der Waals surface area contributed by atoms with Gasteiger partial charge in [0, 0.05) is 10.6 Å². The number of halogens is 1. The second kappa shape index (κ2) is 7.04. The molecule has 0 aliphatic carbocycles. The van der Waals surface area contributed by atoms with Crippen molar-refractivity contribution >= 4 is 23.7 Å². The van der Waals surface area contributed by atoms with Crippen LogP contribution in [-0.2, 0) is 0 Å². The maximum Gasteiger partial charge on any atom is 0.271 e. The van der Waals surface area contributed by atoms with Crippen LogP contribution in [0.2, 0.25) is 5.02 Å². The largest absolute Gasteiger partial charge is 0.271 e. The third kappa shape index (κ3) is 4.43. The minimum absolute atomic E-state index is 0.285. The van der Waals surface area contributed by atoms with E-state index in [2.05, 4.69) is 36.5 Å². The second-order valence-electron chi connectivity index (χ2n) is 5.03. The minimum Gasteiger partial charge on any atom is -0.267 e. The molecule has 2 aromatic rings. The fourth-order valence-electron chi connectivity index (χ4n) is 1.83. The van der Waals surface area contributed by atoms with Crippen molar-refractivity contribution < 1.29 is 4.79 Å². The van der Waals surface area contributed by atoms with Crippen LogP contribution in [0.3, 0.4) is 0 Å². The Morgan fingerprint density at radius 3 is 2.52 bits per heavy atom. The van der Waals surface area contributed by atoms with Crippen LogP contribution in [0.1, 0.15) is 41.3 Å². The number of benzene rings is 2. The lowest BCUT2D eigenvalue weighted by Gasteiger charge is -2.04. The van der Waals surface area contributed by atoms with E-state index in [1.54, 1.807) is 30.5 Å². The van der Waals surface area contributed by atoms with Crippen molar-refractivity contribution in [2.45, 2.75) is 19.8 Å². The van der Waals surface area contributed by atoms with Gasteiger partial charge in [0.1, 0.15) is 0 Å². The van der Waals surface area contributed by atoms with Crippen LogP contribution in [-0.4, -0.2) is 12.1 Å². The highest BCUT2D eigenvalue weighted by Gasteiger charge is 2.03. The van der Waals surface area contributed by atoms with E-state index in [0.29, 0.717) is 16.5 Å². The van der Waals surface area contributed by atoms with E-state index < -0.39 is 0 Å². The van der Waals surface area contributed by atoms with Gasteiger partial charge < -0.3 is 0 Å². The predicted molar refractivity (Wildman–Crippen MR) is 87.0 cm³/mol. The fraction of sp³-hybridized carbons (Fsp3) is 0.176. The molecule has 0 aromatic heterocycles. The number of hydrogen-bond acceptors (Lipinski definition) is 2. The van der Waals surface area contributed by atoms with Gasteiger partial charge in [0.05, 0.1) is 6.21 Å². The molecule has 1 amide bonds. The smallest absolute Gasteiger partial charge is 0.267 e. The Morgan fingerprint density at radius 1 is 1.19 bits per heavy atom. The summed E-state index contributed by atoms with van der Waals surface area (Å²) in [6.45, 7) is 4.29. The van der Waals surface area contributed by atoms with E-state index >= 15 is 0 Å². The SMILES string of the molecule is CC(C)c1ccc(C=NNC(=O)c2cccc(Cl)c2)cc1. The first kappa shape index (κ1) is 15.3. The van der Waals surface area contributed by atoms with Crippen LogP contribution in [0.5, 0.6) is 0 Å². The standard InChI is InChI=1S/C17H17ClN2O/c1-12(2)14-8-6-13(7-9-14)11-19-20-17(21)15-4-3-5-16(18)10-15/h3-12H,1-2H3,(H,20,21). The third-order valence-electron chi connectivity index (χ3n) is 3.07. The van der Waals surface area contributed by atoms with Gasteiger partial charge in [-0.2, -0.15) is 5.10 Å². The Morgan fingerprint density at radius 2 is 1.90 bits per heavy atom. The summed E-state index contributed by atoms with van der Waals surface area (Å²) in [5.74, 6) is 0.214. The van der Waals surface area contributed by atoms with Crippen LogP contribution in [0.4, 0.5) is 0 Å². The van der Waals surface area contributed by atoms with Crippen LogP contribution in [0, 0.1) is 0 Å². The van der Waals surface area contributed by atoms with E-state index in [0.717, 1.165) is 5.56 Å². The van der Waals surface area contributed by atoms with Crippen molar-refractivity contribution in [2.75, 3.05) is 0 Å². The molecular weight excluding hydrogens is 284 g/mol. The number of nitrogens with zero attached hydrogens (tertiary/aromatic N) is 1. The molecule has 0 bridgehead atoms. The number of rotatable bonds is 4. The lowest BCUT2D eigenvalue weighted by Crippen LogP contribution is -2.17. The third-order valence-corrected chi connectivity index (χ3v) is 3.30. The Bertz CT molecular complexity index is 648. The van der Waals surface area contributed by atoms with Gasteiger partial charge in [0.25, 0.3) is 5.91 Å². The summed E-state index contributed by atoms with van der Waals surface area (Å²) in [5, 5.41) is 4.48. The second-order valence-corrected chi connectivity index (χ2v) is 5.47. The molecule has 0 aliphatic heterocycles. The number of hydrazone groups is 1. The zero-order valence-corrected chi connectivity index (χ0v) is 12.8. The highest BCUT2D eigenvalue weighted by molar-refractivity contribution is 6.30. The molecule has 2 aromatic carbocycles. The molecule has 0 fully saturated rings. The molecule has 0 heterocycles. The quantitative estimate of drug-likeness (QED) is 0.666. The molecule has 0 spiro atoms. The number of carbonyl (C=O) groups excluding carboxylic acids is 1. The first-order valence-corrected chi connectivity index (χ1v) is 7.13. The summed E-state index contributed by atoms with van der Waals surface area (Å²) in [7, 11) is 0. The summed E-state index contributed by atoms with van der Waals surface area (Å²) in [5.41, 5.74) is 5.17. The van der Waals surface area contributed by atoms with Gasteiger partial charge in [-0.3, -0.25) is 4.79 Å². The van der Waals surface area contributed by atoms with Crippen LogP contribution in [0.25, 0.3) is 0 Å². The van der Waals surface area contributed by atoms with Gasteiger partial charge >= 0.3 is 0 Å². The summed E-state index contributed by atoms with van der Waals surface area (Å²) >= 11 is 5.84. The summed E-state index contributed by atoms with van der Waals surface area (Å²) in [6.07, 6.45) is 1.62. The number of hydrogen-bond donors (Lipinski definition) is 1. The molecule has 0 saturated carbocycles. The van der Waals surface area contributed by atoms with Crippen molar-refractivity contribution in [2.24, 2.45) is 5.10 Å². The van der Waals surface area contributed by atoms with Crippen LogP contribution >= 0.6 is 11.6 Å². The van der Waals surface area contributed by atoms with Crippen LogP contribution < -0.4 is 5.43 Å². The molecular formula is C17H17ClN2O. The minimum atomic E-state index is -0.285. The lowest BCUT2D eigenvalue weighted by molar-refractivity contribution is 0.0955. The van der Waals surface area contributed by atoms with Gasteiger partial charge in [0.2, 0.25) is 0 Å². The first-order chi connectivity index (χ1) is 10.1. The van der Waals surface area contributed by atoms with Crippen molar-refractivity contribution in [1.29, 1.82) is 0 Å². The molecule has 0 unspecified atom stereocenters. The Labute approximate surface area is 129 Å². The number of carbonyl (C=O) groups is 1. The van der Waals surface area contributed by atoms with Gasteiger partial charge in [0.15, 0.2) is 0 Å². The molecule has 0 atom stereocenters. The van der Waals surface area contributed by atoms with E-state index in [1.807, 2.05) is 12.1 Å². The molecule has 0 saturated heterocycles. The van der Waals surface area contributed by atoms with E-state index in [1.165, 1.54) is 5.56 Å². The summed E-state index contributed by atoms with van der Waals surface area (Å²) in [6, 6.07) is 14.8. The zero-order valence-electron chi connectivity index (χ0n) is 12.0. The molecule has 0 radical (unpaired) electrons. The molecule has 0 aliphatic rings. The van der Waals surface area contributed by atoms with Crippen molar-refractivity contribution in [3.63, 3.8) is 0 Å². The van der Waals surface area contributed by atoms with Crippen molar-refractivity contribution in [3.05, 3.63) is 70.2 Å². The predicted octanol–water partition coefficient (Wildman–Crippen LogP) is 4.23. The van der Waals surface area contributed by atoms with E-state index in [9.17, 15) is 4.79 Å². The Hall–Kier alpha value is -2.13. The maximum absolute atomic E-state index is 11.8. The van der Waals surface area contributed by atoms with Gasteiger partial charge in [-0.05, 0) is 35.2 Å². The Kier molecular flexibility index (Phi) is 5.12. The van der Waals surface area contributed by atoms with Crippen LogP contribution in [0.15, 0.2) is 53.6 Å². The molecule has 4 heteroatoms. The molecule has 3 nitrogen and oxygen atoms in total. The van der Waals surface area contributed by atoms with Gasteiger partial charge in [-0.1, -0.05) is 55.8 Å². The molecule has 2 rings (SSSR count). The monoisotopic (exact) mass is 300 g/mol. The first-order valence-electron chi connectivity index (χ1n) is 6.75. The highest BCUT2D eigenvalue weighted by Crippen LogP contribution is 2.14. The van der Waals surface area contributed by atoms with Crippen molar-refractivity contribution in [1.82, 2.24) is 5.43 Å². The molecule has 108 valence electrons. The van der Waals surface area contributed by atoms with E-state index in [4.69, 9.17) is 11.6 Å². The molecule has 1 N–H and O–H groups in total. The van der Waals surface area contributed by atoms with Crippen molar-refractivity contribution in [3.8, 4) is 0 Å². The zero-order chi connectivity index (χ0) is 15.2. The average molecular weight is 301 g/mol. The topological polar surface area (TPSA) is 41.5 Å². The number of amides is 1. The van der Waals surface area contributed by atoms with E-state index in [-0.39, 0.29) is 5.91 Å².